The van der Waals surface area contributed by atoms with Gasteiger partial charge in [0.25, 0.3) is 0 Å². The van der Waals surface area contributed by atoms with Crippen LogP contribution in [-0.2, 0) is 18.3 Å². The highest BCUT2D eigenvalue weighted by Crippen LogP contribution is 2.34. The van der Waals surface area contributed by atoms with Crippen LogP contribution in [-0.4, -0.2) is 33.3 Å². The van der Waals surface area contributed by atoms with Gasteiger partial charge in [-0.1, -0.05) is 0 Å². The molecule has 3 heterocycles. The largest absolute Gasteiger partial charge is 0.336 e. The number of hydrogen-bond donors (Lipinski definition) is 0. The van der Waals surface area contributed by atoms with E-state index in [9.17, 15) is 4.79 Å². The number of rotatable bonds is 0. The maximum absolute atomic E-state index is 11.4. The SMILES string of the molecule is Cn1cnc2c1C1CCC(=O)CN1CC2. The number of ketones is 1. The monoisotopic (exact) mass is 205 g/mol. The van der Waals surface area contributed by atoms with Gasteiger partial charge in [-0.15, -0.1) is 0 Å². The van der Waals surface area contributed by atoms with Gasteiger partial charge in [-0.25, -0.2) is 4.98 Å². The molecule has 4 nitrogen and oxygen atoms in total. The third kappa shape index (κ3) is 1.32. The molecule has 2 aliphatic rings. The molecule has 15 heavy (non-hydrogen) atoms. The van der Waals surface area contributed by atoms with Crippen LogP contribution in [0.5, 0.6) is 0 Å². The second-order valence-corrected chi connectivity index (χ2v) is 4.50. The third-order valence-electron chi connectivity index (χ3n) is 3.53. The molecule has 80 valence electrons. The zero-order chi connectivity index (χ0) is 10.4. The summed E-state index contributed by atoms with van der Waals surface area (Å²) < 4.78 is 2.11. The Kier molecular flexibility index (Phi) is 1.92. The van der Waals surface area contributed by atoms with Gasteiger partial charge < -0.3 is 4.57 Å². The summed E-state index contributed by atoms with van der Waals surface area (Å²) in [7, 11) is 2.05. The lowest BCUT2D eigenvalue weighted by Gasteiger charge is -2.38. The number of carbonyl (C=O) groups excluding carboxylic acids is 1. The molecule has 1 fully saturated rings. The fourth-order valence-corrected chi connectivity index (χ4v) is 2.80. The van der Waals surface area contributed by atoms with Crippen molar-refractivity contribution < 1.29 is 4.79 Å². The number of Topliss-reactive ketones (excluding diaryl/α,β-unsaturated/α-hetero) is 1. The molecule has 0 saturated carbocycles. The molecule has 1 unspecified atom stereocenters. The van der Waals surface area contributed by atoms with E-state index >= 15 is 0 Å². The molecule has 3 rings (SSSR count). The maximum atomic E-state index is 11.4. The summed E-state index contributed by atoms with van der Waals surface area (Å²) >= 11 is 0. The number of fused-ring (bicyclic) bond motifs is 3. The fourth-order valence-electron chi connectivity index (χ4n) is 2.80. The molecule has 0 N–H and O–H groups in total. The Morgan fingerprint density at radius 3 is 3.20 bits per heavy atom. The van der Waals surface area contributed by atoms with E-state index in [0.29, 0.717) is 18.4 Å². The van der Waals surface area contributed by atoms with Crippen LogP contribution < -0.4 is 0 Å². The summed E-state index contributed by atoms with van der Waals surface area (Å²) in [6, 6.07) is 0.430. The Balaban J connectivity index is 1.99. The van der Waals surface area contributed by atoms with Crippen LogP contribution in [0.3, 0.4) is 0 Å². The summed E-state index contributed by atoms with van der Waals surface area (Å²) in [5.74, 6) is 0.386. The molecular formula is C11H15N3O. The normalized spacial score (nSPS) is 26.2. The van der Waals surface area contributed by atoms with Gasteiger partial charge in [0.2, 0.25) is 0 Å². The van der Waals surface area contributed by atoms with Crippen molar-refractivity contribution in [3.05, 3.63) is 17.7 Å². The fraction of sp³-hybridized carbons (Fsp3) is 0.636. The van der Waals surface area contributed by atoms with Crippen molar-refractivity contribution in [1.29, 1.82) is 0 Å². The first-order valence-corrected chi connectivity index (χ1v) is 5.51. The zero-order valence-electron chi connectivity index (χ0n) is 8.94. The molecule has 1 aromatic heterocycles. The average Bonchev–Trinajstić information content (AvgIpc) is 2.60. The number of hydrogen-bond acceptors (Lipinski definition) is 3. The number of nitrogens with zero attached hydrogens (tertiary/aromatic N) is 3. The molecule has 0 amide bonds. The summed E-state index contributed by atoms with van der Waals surface area (Å²) in [6.45, 7) is 1.62. The number of aromatic nitrogens is 2. The number of aryl methyl sites for hydroxylation is 1. The Morgan fingerprint density at radius 1 is 1.47 bits per heavy atom. The van der Waals surface area contributed by atoms with Crippen molar-refractivity contribution in [2.75, 3.05) is 13.1 Å². The van der Waals surface area contributed by atoms with Crippen molar-refractivity contribution in [3.63, 3.8) is 0 Å². The predicted molar refractivity (Wildman–Crippen MR) is 55.5 cm³/mol. The van der Waals surface area contributed by atoms with Gasteiger partial charge in [-0.3, -0.25) is 9.69 Å². The van der Waals surface area contributed by atoms with Gasteiger partial charge in [0.1, 0.15) is 5.78 Å². The summed E-state index contributed by atoms with van der Waals surface area (Å²) in [6.07, 6.45) is 4.57. The lowest BCUT2D eigenvalue weighted by Crippen LogP contribution is -2.43. The maximum Gasteiger partial charge on any atom is 0.146 e. The third-order valence-corrected chi connectivity index (χ3v) is 3.53. The van der Waals surface area contributed by atoms with E-state index in [0.717, 1.165) is 25.8 Å². The van der Waals surface area contributed by atoms with E-state index in [1.165, 1.54) is 11.4 Å². The highest BCUT2D eigenvalue weighted by Gasteiger charge is 2.34. The quantitative estimate of drug-likeness (QED) is 0.625. The molecule has 0 radical (unpaired) electrons. The number of imidazole rings is 1. The van der Waals surface area contributed by atoms with Gasteiger partial charge in [0.15, 0.2) is 0 Å². The molecule has 1 saturated heterocycles. The lowest BCUT2D eigenvalue weighted by molar-refractivity contribution is -0.124. The number of carbonyl (C=O) groups is 1. The number of piperidine rings is 1. The van der Waals surface area contributed by atoms with Gasteiger partial charge in [0, 0.05) is 26.4 Å². The van der Waals surface area contributed by atoms with Crippen molar-refractivity contribution in [2.45, 2.75) is 25.3 Å². The molecule has 1 atom stereocenters. The standard InChI is InChI=1S/C11H15N3O/c1-13-7-12-9-4-5-14-6-8(15)2-3-10(14)11(9)13/h7,10H,2-6H2,1H3. The van der Waals surface area contributed by atoms with Crippen LogP contribution in [0.25, 0.3) is 0 Å². The van der Waals surface area contributed by atoms with E-state index in [-0.39, 0.29) is 0 Å². The molecular weight excluding hydrogens is 190 g/mol. The molecule has 0 aliphatic carbocycles. The van der Waals surface area contributed by atoms with Crippen LogP contribution in [0.15, 0.2) is 6.33 Å². The molecule has 1 aromatic rings. The molecule has 0 bridgehead atoms. The van der Waals surface area contributed by atoms with Crippen molar-refractivity contribution >= 4 is 5.78 Å². The van der Waals surface area contributed by atoms with Gasteiger partial charge in [0.05, 0.1) is 30.3 Å². The highest BCUT2D eigenvalue weighted by atomic mass is 16.1. The second-order valence-electron chi connectivity index (χ2n) is 4.50. The van der Waals surface area contributed by atoms with E-state index in [1.54, 1.807) is 0 Å². The van der Waals surface area contributed by atoms with Crippen LogP contribution in [0.2, 0.25) is 0 Å². The molecule has 0 aromatic carbocycles. The first-order valence-electron chi connectivity index (χ1n) is 5.51. The summed E-state index contributed by atoms with van der Waals surface area (Å²) in [5.41, 5.74) is 2.56. The summed E-state index contributed by atoms with van der Waals surface area (Å²) in [4.78, 5) is 18.1. The Labute approximate surface area is 88.9 Å². The van der Waals surface area contributed by atoms with E-state index in [4.69, 9.17) is 0 Å². The smallest absolute Gasteiger partial charge is 0.146 e. The minimum Gasteiger partial charge on any atom is -0.336 e. The van der Waals surface area contributed by atoms with Crippen LogP contribution in [0, 0.1) is 0 Å². The van der Waals surface area contributed by atoms with Crippen molar-refractivity contribution in [2.24, 2.45) is 7.05 Å². The van der Waals surface area contributed by atoms with E-state index in [1.807, 2.05) is 13.4 Å². The van der Waals surface area contributed by atoms with E-state index in [2.05, 4.69) is 14.5 Å². The second kappa shape index (κ2) is 3.17. The van der Waals surface area contributed by atoms with Gasteiger partial charge in [-0.2, -0.15) is 0 Å². The Hall–Kier alpha value is -1.16. The topological polar surface area (TPSA) is 38.1 Å². The van der Waals surface area contributed by atoms with Crippen LogP contribution >= 0.6 is 0 Å². The Bertz CT molecular complexity index is 410. The molecule has 2 aliphatic heterocycles. The van der Waals surface area contributed by atoms with Crippen LogP contribution in [0.4, 0.5) is 0 Å². The lowest BCUT2D eigenvalue weighted by atomic mass is 9.93. The minimum absolute atomic E-state index is 0.386. The average molecular weight is 205 g/mol. The van der Waals surface area contributed by atoms with Crippen molar-refractivity contribution in [1.82, 2.24) is 14.5 Å². The van der Waals surface area contributed by atoms with Crippen LogP contribution in [0.1, 0.15) is 30.3 Å². The van der Waals surface area contributed by atoms with Gasteiger partial charge in [-0.05, 0) is 6.42 Å². The predicted octanol–water partition coefficient (Wildman–Crippen LogP) is 0.682. The highest BCUT2D eigenvalue weighted by molar-refractivity contribution is 5.81. The Morgan fingerprint density at radius 2 is 2.33 bits per heavy atom. The van der Waals surface area contributed by atoms with E-state index < -0.39 is 0 Å². The zero-order valence-corrected chi connectivity index (χ0v) is 8.94. The minimum atomic E-state index is 0.386. The summed E-state index contributed by atoms with van der Waals surface area (Å²) in [5, 5.41) is 0. The van der Waals surface area contributed by atoms with Gasteiger partial charge >= 0.3 is 0 Å². The van der Waals surface area contributed by atoms with Crippen molar-refractivity contribution in [3.8, 4) is 0 Å². The first-order chi connectivity index (χ1) is 7.25. The molecule has 0 spiro atoms. The first kappa shape index (κ1) is 9.09. The molecule has 4 heteroatoms.